The molecule has 0 saturated carbocycles. The quantitative estimate of drug-likeness (QED) is 0.835. The number of thiazole rings is 1. The van der Waals surface area contributed by atoms with Crippen LogP contribution in [0.4, 0.5) is 0 Å². The van der Waals surface area contributed by atoms with E-state index in [1.165, 1.54) is 0 Å². The predicted octanol–water partition coefficient (Wildman–Crippen LogP) is 3.72. The fourth-order valence-corrected chi connectivity index (χ4v) is 4.67. The van der Waals surface area contributed by atoms with Gasteiger partial charge < -0.3 is 9.64 Å². The molecule has 5 heteroatoms. The molecule has 0 spiro atoms. The molecule has 1 aromatic carbocycles. The van der Waals surface area contributed by atoms with Crippen molar-refractivity contribution in [2.75, 3.05) is 13.1 Å². The summed E-state index contributed by atoms with van der Waals surface area (Å²) in [5.41, 5.74) is 2.21. The molecule has 3 heterocycles. The van der Waals surface area contributed by atoms with Crippen molar-refractivity contribution < 1.29 is 9.53 Å². The Labute approximate surface area is 146 Å². The molecule has 2 aliphatic heterocycles. The number of aryl methyl sites for hydroxylation is 1. The van der Waals surface area contributed by atoms with Crippen LogP contribution in [-0.4, -0.2) is 35.0 Å². The minimum atomic E-state index is -0.390. The molecule has 4 rings (SSSR count). The van der Waals surface area contributed by atoms with E-state index in [0.29, 0.717) is 5.92 Å². The lowest BCUT2D eigenvalue weighted by Crippen LogP contribution is -2.46. The number of aromatic nitrogens is 1. The van der Waals surface area contributed by atoms with E-state index in [2.05, 4.69) is 23.4 Å². The van der Waals surface area contributed by atoms with Crippen LogP contribution in [0.5, 0.6) is 5.75 Å². The molecule has 4 nitrogen and oxygen atoms in total. The highest BCUT2D eigenvalue weighted by Gasteiger charge is 2.39. The van der Waals surface area contributed by atoms with E-state index in [4.69, 9.17) is 4.74 Å². The number of amides is 1. The summed E-state index contributed by atoms with van der Waals surface area (Å²) in [4.78, 5) is 19.7. The molecule has 24 heavy (non-hydrogen) atoms. The molecule has 0 unspecified atom stereocenters. The zero-order chi connectivity index (χ0) is 16.7. The van der Waals surface area contributed by atoms with Gasteiger partial charge in [-0.3, -0.25) is 4.79 Å². The van der Waals surface area contributed by atoms with Crippen molar-refractivity contribution in [3.05, 3.63) is 45.9 Å². The number of ether oxygens (including phenoxy) is 1. The van der Waals surface area contributed by atoms with Crippen molar-refractivity contribution in [2.45, 2.75) is 44.6 Å². The Kier molecular flexibility index (Phi) is 4.04. The van der Waals surface area contributed by atoms with E-state index in [9.17, 15) is 4.79 Å². The van der Waals surface area contributed by atoms with Crippen LogP contribution in [0.15, 0.2) is 29.6 Å². The summed E-state index contributed by atoms with van der Waals surface area (Å²) in [5, 5.41) is 3.25. The van der Waals surface area contributed by atoms with Gasteiger partial charge in [0.05, 0.1) is 5.01 Å². The van der Waals surface area contributed by atoms with E-state index in [-0.39, 0.29) is 17.9 Å². The normalized spacial score (nSPS) is 26.1. The van der Waals surface area contributed by atoms with Gasteiger partial charge in [0, 0.05) is 41.6 Å². The van der Waals surface area contributed by atoms with E-state index in [1.807, 2.05) is 30.0 Å². The third-order valence-electron chi connectivity index (χ3n) is 5.08. The van der Waals surface area contributed by atoms with Crippen LogP contribution in [-0.2, 0) is 4.79 Å². The largest absolute Gasteiger partial charge is 0.480 e. The molecule has 1 fully saturated rings. The summed E-state index contributed by atoms with van der Waals surface area (Å²) in [5.74, 6) is 1.45. The lowest BCUT2D eigenvalue weighted by atomic mass is 9.94. The summed E-state index contributed by atoms with van der Waals surface area (Å²) in [6.07, 6.45) is 1.75. The minimum Gasteiger partial charge on any atom is -0.480 e. The van der Waals surface area contributed by atoms with Gasteiger partial charge in [-0.25, -0.2) is 4.98 Å². The Morgan fingerprint density at radius 1 is 1.38 bits per heavy atom. The monoisotopic (exact) mass is 342 g/mol. The van der Waals surface area contributed by atoms with Crippen LogP contribution < -0.4 is 4.74 Å². The summed E-state index contributed by atoms with van der Waals surface area (Å²) in [7, 11) is 0. The number of nitrogens with zero attached hydrogens (tertiary/aromatic N) is 2. The Morgan fingerprint density at radius 2 is 2.21 bits per heavy atom. The number of fused-ring (bicyclic) bond motifs is 1. The maximum absolute atomic E-state index is 13.0. The number of carbonyl (C=O) groups excluding carboxylic acids is 1. The highest BCUT2D eigenvalue weighted by Crippen LogP contribution is 2.39. The van der Waals surface area contributed by atoms with Crippen molar-refractivity contribution in [3.8, 4) is 5.75 Å². The van der Waals surface area contributed by atoms with Crippen molar-refractivity contribution in [1.82, 2.24) is 9.88 Å². The molecule has 3 atom stereocenters. The number of carbonyl (C=O) groups is 1. The van der Waals surface area contributed by atoms with Gasteiger partial charge in [-0.15, -0.1) is 11.3 Å². The Bertz CT molecular complexity index is 757. The highest BCUT2D eigenvalue weighted by atomic mass is 32.1. The smallest absolute Gasteiger partial charge is 0.264 e. The topological polar surface area (TPSA) is 42.4 Å². The van der Waals surface area contributed by atoms with Gasteiger partial charge in [0.2, 0.25) is 0 Å². The highest BCUT2D eigenvalue weighted by molar-refractivity contribution is 7.09. The maximum Gasteiger partial charge on any atom is 0.264 e. The summed E-state index contributed by atoms with van der Waals surface area (Å²) >= 11 is 1.71. The molecule has 0 bridgehead atoms. The zero-order valence-corrected chi connectivity index (χ0v) is 14.9. The van der Waals surface area contributed by atoms with Gasteiger partial charge in [0.1, 0.15) is 5.75 Å². The van der Waals surface area contributed by atoms with Crippen molar-refractivity contribution in [2.24, 2.45) is 0 Å². The number of likely N-dealkylation sites (tertiary alicyclic amines) is 1. The minimum absolute atomic E-state index is 0.108. The molecule has 0 radical (unpaired) electrons. The molecule has 1 aromatic heterocycles. The van der Waals surface area contributed by atoms with Crippen LogP contribution in [0.3, 0.4) is 0 Å². The molecule has 2 aromatic rings. The number of hydrogen-bond donors (Lipinski definition) is 0. The fourth-order valence-electron chi connectivity index (χ4n) is 3.75. The second-order valence-corrected chi connectivity index (χ2v) is 7.71. The molecule has 0 N–H and O–H groups in total. The van der Waals surface area contributed by atoms with E-state index < -0.39 is 0 Å². The predicted molar refractivity (Wildman–Crippen MR) is 94.7 cm³/mol. The SMILES string of the molecule is Cc1csc([C@@H]2CCCN(C(=O)[C@@H]3Oc4ccccc4[C@H]3C)C2)n1. The summed E-state index contributed by atoms with van der Waals surface area (Å²) < 4.78 is 5.98. The molecule has 1 saturated heterocycles. The van der Waals surface area contributed by atoms with Crippen LogP contribution in [0.25, 0.3) is 0 Å². The zero-order valence-electron chi connectivity index (χ0n) is 14.1. The number of benzene rings is 1. The van der Waals surface area contributed by atoms with Gasteiger partial charge in [0.25, 0.3) is 5.91 Å². The Balaban J connectivity index is 1.49. The first-order valence-corrected chi connectivity index (χ1v) is 9.48. The van der Waals surface area contributed by atoms with Crippen LogP contribution >= 0.6 is 11.3 Å². The Morgan fingerprint density at radius 3 is 2.96 bits per heavy atom. The number of piperidine rings is 1. The maximum atomic E-state index is 13.0. The number of rotatable bonds is 2. The third-order valence-corrected chi connectivity index (χ3v) is 6.21. The number of hydrogen-bond acceptors (Lipinski definition) is 4. The molecular weight excluding hydrogens is 320 g/mol. The third kappa shape index (κ3) is 2.71. The molecule has 126 valence electrons. The standard InChI is InChI=1S/C19H22N2O2S/c1-12-11-24-18(20-12)14-6-5-9-21(10-14)19(22)17-13(2)15-7-3-4-8-16(15)23-17/h3-4,7-8,11,13-14,17H,5-6,9-10H2,1-2H3/t13-,14-,17-/m1/s1. The van der Waals surface area contributed by atoms with Crippen molar-refractivity contribution in [3.63, 3.8) is 0 Å². The molecular formula is C19H22N2O2S. The van der Waals surface area contributed by atoms with Crippen LogP contribution in [0, 0.1) is 6.92 Å². The molecule has 0 aliphatic carbocycles. The number of para-hydroxylation sites is 1. The molecule has 1 amide bonds. The fraction of sp³-hybridized carbons (Fsp3) is 0.474. The van der Waals surface area contributed by atoms with Crippen molar-refractivity contribution >= 4 is 17.2 Å². The summed E-state index contributed by atoms with van der Waals surface area (Å²) in [6, 6.07) is 7.98. The van der Waals surface area contributed by atoms with E-state index >= 15 is 0 Å². The Hall–Kier alpha value is -1.88. The first-order valence-electron chi connectivity index (χ1n) is 8.60. The average molecular weight is 342 g/mol. The second-order valence-electron chi connectivity index (χ2n) is 6.82. The first-order chi connectivity index (χ1) is 11.6. The van der Waals surface area contributed by atoms with Gasteiger partial charge in [-0.1, -0.05) is 25.1 Å². The second kappa shape index (κ2) is 6.20. The lowest BCUT2D eigenvalue weighted by Gasteiger charge is -2.34. The van der Waals surface area contributed by atoms with E-state index in [1.54, 1.807) is 11.3 Å². The van der Waals surface area contributed by atoms with Gasteiger partial charge in [-0.05, 0) is 25.8 Å². The van der Waals surface area contributed by atoms with Crippen molar-refractivity contribution in [1.29, 1.82) is 0 Å². The summed E-state index contributed by atoms with van der Waals surface area (Å²) in [6.45, 7) is 5.69. The van der Waals surface area contributed by atoms with Crippen LogP contribution in [0.2, 0.25) is 0 Å². The average Bonchev–Trinajstić information content (AvgIpc) is 3.19. The van der Waals surface area contributed by atoms with Crippen LogP contribution in [0.1, 0.15) is 47.9 Å². The van der Waals surface area contributed by atoms with Gasteiger partial charge >= 0.3 is 0 Å². The molecule has 2 aliphatic rings. The van der Waals surface area contributed by atoms with Gasteiger partial charge in [-0.2, -0.15) is 0 Å². The van der Waals surface area contributed by atoms with E-state index in [0.717, 1.165) is 47.9 Å². The van der Waals surface area contributed by atoms with Gasteiger partial charge in [0.15, 0.2) is 6.10 Å². The lowest BCUT2D eigenvalue weighted by molar-refractivity contribution is -0.139. The first kappa shape index (κ1) is 15.6.